The average Bonchev–Trinajstić information content (AvgIpc) is 2.83. The van der Waals surface area contributed by atoms with E-state index in [2.05, 4.69) is 22.1 Å². The highest BCUT2D eigenvalue weighted by Gasteiger charge is 2.18. The highest BCUT2D eigenvalue weighted by Crippen LogP contribution is 2.19. The van der Waals surface area contributed by atoms with E-state index in [0.29, 0.717) is 4.88 Å². The lowest BCUT2D eigenvalue weighted by molar-refractivity contribution is 0.101. The minimum absolute atomic E-state index is 0.207. The summed E-state index contributed by atoms with van der Waals surface area (Å²) in [6, 6.07) is 3.21. The van der Waals surface area contributed by atoms with E-state index < -0.39 is 23.1 Å². The van der Waals surface area contributed by atoms with Gasteiger partial charge in [-0.25, -0.2) is 13.8 Å². The molecule has 2 rings (SSSR count). The van der Waals surface area contributed by atoms with E-state index in [1.54, 1.807) is 0 Å². The van der Waals surface area contributed by atoms with Crippen molar-refractivity contribution in [2.24, 2.45) is 5.73 Å². The first-order chi connectivity index (χ1) is 9.61. The number of rotatable bonds is 2. The van der Waals surface area contributed by atoms with Crippen LogP contribution < -0.4 is 11.1 Å². The zero-order chi connectivity index (χ0) is 14.5. The smallest absolute Gasteiger partial charge is 0.263 e. The Labute approximate surface area is 117 Å². The number of hydrogen-bond acceptors (Lipinski definition) is 4. The van der Waals surface area contributed by atoms with E-state index in [1.165, 1.54) is 12.3 Å². The molecular formula is C13H9F2N3OS. The molecule has 0 radical (unpaired) electrons. The molecule has 0 aliphatic heterocycles. The van der Waals surface area contributed by atoms with Crippen molar-refractivity contribution < 1.29 is 13.6 Å². The zero-order valence-electron chi connectivity index (χ0n) is 10.1. The van der Waals surface area contributed by atoms with Crippen LogP contribution in [0.3, 0.4) is 0 Å². The molecule has 0 aliphatic carbocycles. The molecule has 0 aliphatic rings. The van der Waals surface area contributed by atoms with Gasteiger partial charge in [0.2, 0.25) is 0 Å². The van der Waals surface area contributed by atoms with E-state index in [0.717, 1.165) is 23.5 Å². The van der Waals surface area contributed by atoms with Crippen LogP contribution in [0.1, 0.15) is 15.2 Å². The van der Waals surface area contributed by atoms with Gasteiger partial charge in [-0.3, -0.25) is 10.1 Å². The van der Waals surface area contributed by atoms with Gasteiger partial charge in [0.1, 0.15) is 17.2 Å². The highest BCUT2D eigenvalue weighted by atomic mass is 32.1. The number of benzene rings is 1. The van der Waals surface area contributed by atoms with Crippen molar-refractivity contribution in [2.75, 3.05) is 11.9 Å². The summed E-state index contributed by atoms with van der Waals surface area (Å²) in [5.74, 6) is 2.63. The van der Waals surface area contributed by atoms with E-state index in [-0.39, 0.29) is 11.7 Å². The maximum atomic E-state index is 13.4. The molecule has 1 aromatic carbocycles. The fourth-order valence-electron chi connectivity index (χ4n) is 1.40. The number of nitrogens with zero attached hydrogens (tertiary/aromatic N) is 1. The summed E-state index contributed by atoms with van der Waals surface area (Å²) in [4.78, 5) is 16.3. The van der Waals surface area contributed by atoms with Gasteiger partial charge < -0.3 is 5.73 Å². The van der Waals surface area contributed by atoms with Crippen LogP contribution in [0, 0.1) is 23.5 Å². The highest BCUT2D eigenvalue weighted by molar-refractivity contribution is 7.16. The molecule has 1 amide bonds. The average molecular weight is 293 g/mol. The first-order valence-corrected chi connectivity index (χ1v) is 6.33. The van der Waals surface area contributed by atoms with Crippen molar-refractivity contribution in [1.82, 2.24) is 4.98 Å². The van der Waals surface area contributed by atoms with Crippen LogP contribution in [0.5, 0.6) is 0 Å². The molecule has 0 fully saturated rings. The lowest BCUT2D eigenvalue weighted by Crippen LogP contribution is -2.15. The number of nitrogens with two attached hydrogens (primary N) is 1. The van der Waals surface area contributed by atoms with E-state index >= 15 is 0 Å². The number of aromatic nitrogens is 1. The predicted molar refractivity (Wildman–Crippen MR) is 72.4 cm³/mol. The predicted octanol–water partition coefficient (Wildman–Crippen LogP) is 1.98. The topological polar surface area (TPSA) is 68.0 Å². The second-order valence-electron chi connectivity index (χ2n) is 3.59. The lowest BCUT2D eigenvalue weighted by Gasteiger charge is -2.03. The molecule has 4 nitrogen and oxygen atoms in total. The SMILES string of the molecule is NCC#Cc1cnc(NC(=O)c2c(F)cccc2F)s1. The molecule has 1 aromatic heterocycles. The van der Waals surface area contributed by atoms with Crippen LogP contribution in [-0.2, 0) is 0 Å². The minimum Gasteiger partial charge on any atom is -0.320 e. The first-order valence-electron chi connectivity index (χ1n) is 5.52. The molecule has 0 atom stereocenters. The third-order valence-corrected chi connectivity index (χ3v) is 3.06. The normalized spacial score (nSPS) is 9.75. The van der Waals surface area contributed by atoms with Gasteiger partial charge in [0.25, 0.3) is 5.91 Å². The Morgan fingerprint density at radius 2 is 2.10 bits per heavy atom. The van der Waals surface area contributed by atoms with Gasteiger partial charge >= 0.3 is 0 Å². The molecule has 1 heterocycles. The molecule has 2 aromatic rings. The zero-order valence-corrected chi connectivity index (χ0v) is 10.9. The molecule has 3 N–H and O–H groups in total. The maximum Gasteiger partial charge on any atom is 0.263 e. The largest absolute Gasteiger partial charge is 0.320 e. The van der Waals surface area contributed by atoms with Crippen LogP contribution in [0.4, 0.5) is 13.9 Å². The van der Waals surface area contributed by atoms with Gasteiger partial charge in [0, 0.05) is 0 Å². The Morgan fingerprint density at radius 3 is 2.75 bits per heavy atom. The molecule has 0 spiro atoms. The van der Waals surface area contributed by atoms with Crippen molar-refractivity contribution in [2.45, 2.75) is 0 Å². The van der Waals surface area contributed by atoms with Crippen LogP contribution in [0.25, 0.3) is 0 Å². The number of carbonyl (C=O) groups excluding carboxylic acids is 1. The van der Waals surface area contributed by atoms with E-state index in [4.69, 9.17) is 5.73 Å². The monoisotopic (exact) mass is 293 g/mol. The number of amides is 1. The van der Waals surface area contributed by atoms with Crippen molar-refractivity contribution in [3.05, 3.63) is 46.5 Å². The Kier molecular flexibility index (Phi) is 4.40. The Bertz CT molecular complexity index is 683. The van der Waals surface area contributed by atoms with Gasteiger partial charge in [-0.05, 0) is 12.1 Å². The third kappa shape index (κ3) is 3.17. The molecule has 0 bridgehead atoms. The molecule has 20 heavy (non-hydrogen) atoms. The van der Waals surface area contributed by atoms with Crippen LogP contribution in [0.2, 0.25) is 0 Å². The van der Waals surface area contributed by atoms with Crippen molar-refractivity contribution in [1.29, 1.82) is 0 Å². The van der Waals surface area contributed by atoms with Crippen molar-refractivity contribution in [3.8, 4) is 11.8 Å². The van der Waals surface area contributed by atoms with Gasteiger partial charge in [0.15, 0.2) is 5.13 Å². The third-order valence-electron chi connectivity index (χ3n) is 2.23. The summed E-state index contributed by atoms with van der Waals surface area (Å²) in [5.41, 5.74) is 4.59. The van der Waals surface area contributed by atoms with Crippen LogP contribution in [-0.4, -0.2) is 17.4 Å². The maximum absolute atomic E-state index is 13.4. The van der Waals surface area contributed by atoms with Gasteiger partial charge in [0.05, 0.1) is 17.6 Å². The van der Waals surface area contributed by atoms with Crippen molar-refractivity contribution >= 4 is 22.4 Å². The number of anilines is 1. The number of thiazole rings is 1. The number of hydrogen-bond donors (Lipinski definition) is 2. The summed E-state index contributed by atoms with van der Waals surface area (Å²) >= 11 is 1.09. The first kappa shape index (κ1) is 14.1. The molecule has 102 valence electrons. The van der Waals surface area contributed by atoms with E-state index in [9.17, 15) is 13.6 Å². The molecular weight excluding hydrogens is 284 g/mol. The lowest BCUT2D eigenvalue weighted by atomic mass is 10.2. The standard InChI is InChI=1S/C13H9F2N3OS/c14-9-4-1-5-10(15)11(9)12(19)18-13-17-7-8(20-13)3-2-6-16/h1,4-5,7H,6,16H2,(H,17,18,19). The van der Waals surface area contributed by atoms with Crippen LogP contribution in [0.15, 0.2) is 24.4 Å². The Balaban J connectivity index is 2.18. The quantitative estimate of drug-likeness (QED) is 0.832. The Morgan fingerprint density at radius 1 is 1.40 bits per heavy atom. The van der Waals surface area contributed by atoms with Gasteiger partial charge in [-0.15, -0.1) is 0 Å². The molecule has 0 unspecified atom stereocenters. The minimum atomic E-state index is -0.929. The second-order valence-corrected chi connectivity index (χ2v) is 4.62. The summed E-state index contributed by atoms with van der Waals surface area (Å²) in [6.45, 7) is 0.208. The van der Waals surface area contributed by atoms with Crippen molar-refractivity contribution in [3.63, 3.8) is 0 Å². The molecule has 0 saturated carbocycles. The van der Waals surface area contributed by atoms with E-state index in [1.807, 2.05) is 0 Å². The summed E-state index contributed by atoms with van der Waals surface area (Å²) in [6.07, 6.45) is 1.45. The number of carbonyl (C=O) groups is 1. The molecule has 7 heteroatoms. The summed E-state index contributed by atoms with van der Waals surface area (Å²) < 4.78 is 26.8. The summed E-state index contributed by atoms with van der Waals surface area (Å²) in [5, 5.41) is 2.53. The number of halogens is 2. The second kappa shape index (κ2) is 6.23. The fourth-order valence-corrected chi connectivity index (χ4v) is 2.09. The van der Waals surface area contributed by atoms with Crippen LogP contribution >= 0.6 is 11.3 Å². The van der Waals surface area contributed by atoms with Gasteiger partial charge in [-0.1, -0.05) is 29.2 Å². The molecule has 0 saturated heterocycles. The Hall–Kier alpha value is -2.30. The number of nitrogens with one attached hydrogen (secondary N) is 1. The summed E-state index contributed by atoms with van der Waals surface area (Å²) in [7, 11) is 0. The van der Waals surface area contributed by atoms with Gasteiger partial charge in [-0.2, -0.15) is 0 Å². The fraction of sp³-hybridized carbons (Fsp3) is 0.0769.